The summed E-state index contributed by atoms with van der Waals surface area (Å²) in [5.41, 5.74) is 5.42. The van der Waals surface area contributed by atoms with Crippen LogP contribution in [-0.2, 0) is 15.9 Å². The number of aromatic nitrogens is 3. The molecule has 4 N–H and O–H groups in total. The number of amides is 1. The maximum atomic E-state index is 14.7. The minimum Gasteiger partial charge on any atom is -0.485 e. The zero-order valence-corrected chi connectivity index (χ0v) is 24.1. The number of esters is 1. The van der Waals surface area contributed by atoms with Crippen molar-refractivity contribution in [2.45, 2.75) is 84.7 Å². The molecule has 1 aromatic carbocycles. The number of carbonyl (C=O) groups excluding carboxylic acids is 2. The van der Waals surface area contributed by atoms with Gasteiger partial charge in [0.15, 0.2) is 11.5 Å². The van der Waals surface area contributed by atoms with Gasteiger partial charge in [0.1, 0.15) is 39.8 Å². The van der Waals surface area contributed by atoms with Crippen LogP contribution in [0.1, 0.15) is 82.9 Å². The monoisotopic (exact) mass is 556 g/mol. The van der Waals surface area contributed by atoms with Crippen molar-refractivity contribution >= 4 is 29.3 Å². The van der Waals surface area contributed by atoms with Gasteiger partial charge in [0.05, 0.1) is 12.6 Å². The molecule has 1 aliphatic rings. The van der Waals surface area contributed by atoms with E-state index in [-0.39, 0.29) is 23.6 Å². The highest BCUT2D eigenvalue weighted by atomic mass is 19.1. The average Bonchev–Trinajstić information content (AvgIpc) is 3.30. The molecule has 0 aliphatic carbocycles. The normalized spacial score (nSPS) is 17.6. The number of alkyl carbamates (subject to hydrolysis) is 1. The second kappa shape index (κ2) is 10.1. The lowest BCUT2D eigenvalue weighted by atomic mass is 9.97. The smallest absolute Gasteiger partial charge is 0.407 e. The van der Waals surface area contributed by atoms with E-state index >= 15 is 0 Å². The van der Waals surface area contributed by atoms with Crippen LogP contribution in [-0.4, -0.2) is 50.0 Å². The number of carbonyl (C=O) groups is 2. The minimum absolute atomic E-state index is 0.00238. The lowest BCUT2D eigenvalue weighted by Crippen LogP contribution is -2.45. The number of rotatable bonds is 6. The Morgan fingerprint density at radius 2 is 1.88 bits per heavy atom. The highest BCUT2D eigenvalue weighted by Gasteiger charge is 2.38. The first-order chi connectivity index (χ1) is 18.4. The number of nitrogens with two attached hydrogens (primary N) is 1. The quantitative estimate of drug-likeness (QED) is 0.365. The van der Waals surface area contributed by atoms with Crippen LogP contribution in [0.5, 0.6) is 5.75 Å². The van der Waals surface area contributed by atoms with Crippen molar-refractivity contribution in [2.24, 2.45) is 0 Å². The summed E-state index contributed by atoms with van der Waals surface area (Å²) in [5, 5.41) is 10.2. The predicted octanol–water partition coefficient (Wildman–Crippen LogP) is 4.80. The van der Waals surface area contributed by atoms with Crippen LogP contribution in [0.15, 0.2) is 24.4 Å². The van der Waals surface area contributed by atoms with Gasteiger partial charge in [-0.2, -0.15) is 0 Å². The van der Waals surface area contributed by atoms with Crippen LogP contribution >= 0.6 is 0 Å². The molecule has 3 aromatic rings. The van der Waals surface area contributed by atoms with Gasteiger partial charge in [0.2, 0.25) is 0 Å². The fraction of sp³-hybridized carbons (Fsp3) is 0.500. The number of benzene rings is 1. The summed E-state index contributed by atoms with van der Waals surface area (Å²) in [4.78, 5) is 29.5. The molecule has 40 heavy (non-hydrogen) atoms. The first-order valence-electron chi connectivity index (χ1n) is 13.1. The third-order valence-corrected chi connectivity index (χ3v) is 6.02. The second-order valence-corrected chi connectivity index (χ2v) is 12.3. The summed E-state index contributed by atoms with van der Waals surface area (Å²) in [6, 6.07) is 4.08. The predicted molar refractivity (Wildman–Crippen MR) is 148 cm³/mol. The Morgan fingerprint density at radius 3 is 2.52 bits per heavy atom. The fourth-order valence-corrected chi connectivity index (χ4v) is 4.46. The number of ether oxygens (including phenoxy) is 3. The minimum atomic E-state index is -0.796. The largest absolute Gasteiger partial charge is 0.485 e. The highest BCUT2D eigenvalue weighted by molar-refractivity contribution is 6.01. The van der Waals surface area contributed by atoms with Gasteiger partial charge in [-0.05, 0) is 73.6 Å². The van der Waals surface area contributed by atoms with Crippen LogP contribution in [0.4, 0.5) is 20.8 Å². The van der Waals surface area contributed by atoms with Crippen molar-refractivity contribution in [3.05, 3.63) is 46.9 Å². The molecule has 2 aromatic heterocycles. The zero-order chi connectivity index (χ0) is 29.6. The number of hydrogen-bond donors (Lipinski definition) is 3. The maximum Gasteiger partial charge on any atom is 0.407 e. The van der Waals surface area contributed by atoms with E-state index in [0.29, 0.717) is 29.1 Å². The molecule has 4 rings (SSSR count). The van der Waals surface area contributed by atoms with Crippen LogP contribution in [0.2, 0.25) is 0 Å². The Morgan fingerprint density at radius 1 is 1.20 bits per heavy atom. The lowest BCUT2D eigenvalue weighted by molar-refractivity contribution is 0.00724. The number of nitrogens with one attached hydrogen (secondary N) is 2. The van der Waals surface area contributed by atoms with Gasteiger partial charge >= 0.3 is 12.1 Å². The molecule has 3 heterocycles. The first-order valence-corrected chi connectivity index (χ1v) is 13.1. The third-order valence-electron chi connectivity index (χ3n) is 6.02. The molecule has 0 saturated carbocycles. The second-order valence-electron chi connectivity index (χ2n) is 12.3. The number of nitrogen functional groups attached to an aromatic ring is 1. The fourth-order valence-electron chi connectivity index (χ4n) is 4.46. The van der Waals surface area contributed by atoms with E-state index in [0.717, 1.165) is 0 Å². The van der Waals surface area contributed by atoms with Gasteiger partial charge in [-0.3, -0.25) is 0 Å². The molecule has 0 saturated heterocycles. The molecule has 2 atom stereocenters. The molecule has 0 spiro atoms. The summed E-state index contributed by atoms with van der Waals surface area (Å²) in [6.07, 6.45) is 1.46. The molecule has 0 bridgehead atoms. The number of fused-ring (bicyclic) bond motifs is 2. The molecular weight excluding hydrogens is 519 g/mol. The molecule has 11 nitrogen and oxygen atoms in total. The molecule has 12 heteroatoms. The Balaban J connectivity index is 1.55. The topological polar surface area (TPSA) is 142 Å². The third kappa shape index (κ3) is 6.54. The van der Waals surface area contributed by atoms with E-state index in [1.54, 1.807) is 53.8 Å². The van der Waals surface area contributed by atoms with Crippen LogP contribution in [0.3, 0.4) is 0 Å². The number of halogens is 1. The highest BCUT2D eigenvalue weighted by Crippen LogP contribution is 2.41. The molecule has 1 unspecified atom stereocenters. The van der Waals surface area contributed by atoms with E-state index < -0.39 is 40.7 Å². The Hall–Kier alpha value is -4.09. The van der Waals surface area contributed by atoms with Gasteiger partial charge in [-0.25, -0.2) is 23.5 Å². The molecule has 1 aliphatic heterocycles. The van der Waals surface area contributed by atoms with Crippen molar-refractivity contribution in [1.29, 1.82) is 0 Å². The van der Waals surface area contributed by atoms with Crippen molar-refractivity contribution in [2.75, 3.05) is 17.6 Å². The number of nitrogens with zero attached hydrogens (tertiary/aromatic N) is 3. The van der Waals surface area contributed by atoms with Crippen molar-refractivity contribution in [3.8, 4) is 5.75 Å². The Bertz CT molecular complexity index is 1460. The first kappa shape index (κ1) is 28.9. The summed E-state index contributed by atoms with van der Waals surface area (Å²) in [6.45, 7) is 14.5. The van der Waals surface area contributed by atoms with E-state index in [2.05, 4.69) is 20.7 Å². The van der Waals surface area contributed by atoms with Crippen LogP contribution in [0, 0.1) is 5.82 Å². The van der Waals surface area contributed by atoms with E-state index in [1.807, 2.05) is 13.8 Å². The molecule has 0 fully saturated rings. The molecule has 216 valence electrons. The Kier molecular flexibility index (Phi) is 7.33. The van der Waals surface area contributed by atoms with E-state index in [4.69, 9.17) is 19.9 Å². The van der Waals surface area contributed by atoms with Gasteiger partial charge in [0, 0.05) is 23.7 Å². The van der Waals surface area contributed by atoms with Gasteiger partial charge < -0.3 is 30.6 Å². The van der Waals surface area contributed by atoms with Crippen molar-refractivity contribution in [1.82, 2.24) is 19.9 Å². The maximum absolute atomic E-state index is 14.7. The lowest BCUT2D eigenvalue weighted by Gasteiger charge is -2.27. The van der Waals surface area contributed by atoms with Crippen LogP contribution < -0.4 is 21.1 Å². The van der Waals surface area contributed by atoms with Gasteiger partial charge in [-0.15, -0.1) is 5.10 Å². The summed E-state index contributed by atoms with van der Waals surface area (Å²) >= 11 is 0. The summed E-state index contributed by atoms with van der Waals surface area (Å²) in [5.74, 6) is -0.0838. The average molecular weight is 557 g/mol. The standard InChI is InChI=1S/C28H37FN6O5/c1-15(32-19-9-10-35-23(33-19)20(22(30)34-35)24(36)39-26(2,3)4)18-12-17(29)11-16-13-28(8,38-21(16)18)14-31-25(37)40-27(5,6)7/h9-12,15H,13-14H2,1-8H3,(H2,30,34)(H,31,37)(H,32,33)/t15?,28-/m1/s1. The van der Waals surface area contributed by atoms with Crippen molar-refractivity contribution < 1.29 is 28.2 Å². The Labute approximate surface area is 232 Å². The van der Waals surface area contributed by atoms with Gasteiger partial charge in [0.25, 0.3) is 0 Å². The van der Waals surface area contributed by atoms with Crippen molar-refractivity contribution in [3.63, 3.8) is 0 Å². The van der Waals surface area contributed by atoms with E-state index in [1.165, 1.54) is 16.6 Å². The van der Waals surface area contributed by atoms with Gasteiger partial charge in [-0.1, -0.05) is 0 Å². The van der Waals surface area contributed by atoms with Crippen LogP contribution in [0.25, 0.3) is 5.65 Å². The molecular formula is C28H37FN6O5. The molecule has 0 radical (unpaired) electrons. The zero-order valence-electron chi connectivity index (χ0n) is 24.1. The molecule has 1 amide bonds. The summed E-state index contributed by atoms with van der Waals surface area (Å²) < 4.78 is 33.2. The number of hydrogen-bond acceptors (Lipinski definition) is 9. The summed E-state index contributed by atoms with van der Waals surface area (Å²) in [7, 11) is 0. The number of anilines is 2. The van der Waals surface area contributed by atoms with E-state index in [9.17, 15) is 14.0 Å². The SMILES string of the molecule is CC(Nc1ccn2nc(N)c(C(=O)OC(C)(C)C)c2n1)c1cc(F)cc2c1O[C@@](C)(CNC(=O)OC(C)(C)C)C2.